The molecular formula is C15H13Cl2FN2O. The lowest BCUT2D eigenvalue weighted by Crippen LogP contribution is -2.06. The van der Waals surface area contributed by atoms with Crippen molar-refractivity contribution in [3.8, 4) is 0 Å². The van der Waals surface area contributed by atoms with Crippen LogP contribution in [0.4, 0.5) is 4.39 Å². The molecule has 0 amide bonds. The third kappa shape index (κ3) is 2.71. The SMILES string of the molecule is OC/C(F)=C1\CCc2cnn(Cc3ccc(Cl)cc3Cl)c21. The average Bonchev–Trinajstić information content (AvgIpc) is 3.04. The van der Waals surface area contributed by atoms with Gasteiger partial charge in [-0.2, -0.15) is 5.10 Å². The van der Waals surface area contributed by atoms with E-state index in [1.807, 2.05) is 6.07 Å². The van der Waals surface area contributed by atoms with Gasteiger partial charge in [0, 0.05) is 15.6 Å². The topological polar surface area (TPSA) is 38.1 Å². The Labute approximate surface area is 131 Å². The second-order valence-electron chi connectivity index (χ2n) is 4.95. The van der Waals surface area contributed by atoms with E-state index < -0.39 is 12.4 Å². The van der Waals surface area contributed by atoms with E-state index in [2.05, 4.69) is 5.10 Å². The zero-order chi connectivity index (χ0) is 15.0. The number of hydrogen-bond acceptors (Lipinski definition) is 2. The van der Waals surface area contributed by atoms with Crippen molar-refractivity contribution in [1.29, 1.82) is 0 Å². The van der Waals surface area contributed by atoms with Gasteiger partial charge in [-0.25, -0.2) is 4.39 Å². The minimum atomic E-state index is -0.582. The Kier molecular flexibility index (Phi) is 4.02. The number of benzene rings is 1. The fraction of sp³-hybridized carbons (Fsp3) is 0.267. The first-order chi connectivity index (χ1) is 10.1. The van der Waals surface area contributed by atoms with Gasteiger partial charge in [0.25, 0.3) is 0 Å². The molecule has 1 aromatic heterocycles. The van der Waals surface area contributed by atoms with E-state index in [-0.39, 0.29) is 0 Å². The summed E-state index contributed by atoms with van der Waals surface area (Å²) in [4.78, 5) is 0. The van der Waals surface area contributed by atoms with Crippen molar-refractivity contribution in [3.63, 3.8) is 0 Å². The molecule has 6 heteroatoms. The lowest BCUT2D eigenvalue weighted by molar-refractivity contribution is 0.299. The molecule has 0 radical (unpaired) electrons. The van der Waals surface area contributed by atoms with E-state index in [9.17, 15) is 4.39 Å². The van der Waals surface area contributed by atoms with E-state index >= 15 is 0 Å². The zero-order valence-corrected chi connectivity index (χ0v) is 12.6. The highest BCUT2D eigenvalue weighted by atomic mass is 35.5. The van der Waals surface area contributed by atoms with Crippen molar-refractivity contribution < 1.29 is 9.50 Å². The van der Waals surface area contributed by atoms with Crippen molar-refractivity contribution >= 4 is 28.8 Å². The molecule has 0 saturated heterocycles. The molecule has 21 heavy (non-hydrogen) atoms. The molecule has 1 aliphatic rings. The van der Waals surface area contributed by atoms with Gasteiger partial charge in [0.15, 0.2) is 0 Å². The molecule has 1 N–H and O–H groups in total. The molecule has 1 heterocycles. The highest BCUT2D eigenvalue weighted by molar-refractivity contribution is 6.35. The largest absolute Gasteiger partial charge is 0.389 e. The van der Waals surface area contributed by atoms with Gasteiger partial charge in [0.05, 0.1) is 25.0 Å². The number of aliphatic hydroxyl groups excluding tert-OH is 1. The summed E-state index contributed by atoms with van der Waals surface area (Å²) in [5.74, 6) is -0.488. The van der Waals surface area contributed by atoms with Crippen LogP contribution < -0.4 is 0 Å². The second-order valence-corrected chi connectivity index (χ2v) is 5.80. The third-order valence-corrected chi connectivity index (χ3v) is 4.23. The van der Waals surface area contributed by atoms with Gasteiger partial charge < -0.3 is 5.11 Å². The maximum atomic E-state index is 13.8. The Morgan fingerprint density at radius 1 is 1.33 bits per heavy atom. The Bertz CT molecular complexity index is 724. The van der Waals surface area contributed by atoms with E-state index in [1.165, 1.54) is 0 Å². The fourth-order valence-corrected chi connectivity index (χ4v) is 3.09. The predicted molar refractivity (Wildman–Crippen MR) is 81.2 cm³/mol. The zero-order valence-electron chi connectivity index (χ0n) is 11.1. The Morgan fingerprint density at radius 3 is 2.86 bits per heavy atom. The highest BCUT2D eigenvalue weighted by Gasteiger charge is 2.25. The number of hydrogen-bond donors (Lipinski definition) is 1. The van der Waals surface area contributed by atoms with Crippen LogP contribution >= 0.6 is 23.2 Å². The van der Waals surface area contributed by atoms with Crippen LogP contribution in [0.25, 0.3) is 5.57 Å². The molecule has 0 unspecified atom stereocenters. The summed E-state index contributed by atoms with van der Waals surface area (Å²) in [5.41, 5.74) is 3.16. The molecule has 0 fully saturated rings. The number of allylic oxidation sites excluding steroid dienone is 1. The van der Waals surface area contributed by atoms with Crippen LogP contribution in [-0.4, -0.2) is 21.5 Å². The predicted octanol–water partition coefficient (Wildman–Crippen LogP) is 3.86. The van der Waals surface area contributed by atoms with Gasteiger partial charge in [0.1, 0.15) is 5.83 Å². The molecule has 0 bridgehead atoms. The minimum absolute atomic E-state index is 0.438. The van der Waals surface area contributed by atoms with Crippen molar-refractivity contribution in [2.75, 3.05) is 6.61 Å². The molecule has 2 aromatic rings. The Morgan fingerprint density at radius 2 is 2.14 bits per heavy atom. The summed E-state index contributed by atoms with van der Waals surface area (Å²) in [6.45, 7) is -0.144. The summed E-state index contributed by atoms with van der Waals surface area (Å²) in [5, 5.41) is 14.4. The van der Waals surface area contributed by atoms with Crippen LogP contribution in [0.5, 0.6) is 0 Å². The van der Waals surface area contributed by atoms with Gasteiger partial charge in [-0.05, 0) is 36.1 Å². The molecule has 110 valence electrons. The number of aromatic nitrogens is 2. The number of aryl methyl sites for hydroxylation is 1. The van der Waals surface area contributed by atoms with Gasteiger partial charge in [-0.1, -0.05) is 29.3 Å². The lowest BCUT2D eigenvalue weighted by Gasteiger charge is -2.10. The van der Waals surface area contributed by atoms with Crippen molar-refractivity contribution in [3.05, 3.63) is 57.1 Å². The Hall–Kier alpha value is -1.36. The molecule has 0 atom stereocenters. The van der Waals surface area contributed by atoms with E-state index in [0.29, 0.717) is 28.6 Å². The van der Waals surface area contributed by atoms with Crippen LogP contribution in [0.2, 0.25) is 10.0 Å². The van der Waals surface area contributed by atoms with E-state index in [0.717, 1.165) is 23.2 Å². The first kappa shape index (κ1) is 14.6. The van der Waals surface area contributed by atoms with Gasteiger partial charge >= 0.3 is 0 Å². The summed E-state index contributed by atoms with van der Waals surface area (Å²) in [6.07, 6.45) is 3.08. The number of fused-ring (bicyclic) bond motifs is 1. The fourth-order valence-electron chi connectivity index (χ4n) is 2.63. The van der Waals surface area contributed by atoms with Crippen LogP contribution in [0.3, 0.4) is 0 Å². The van der Waals surface area contributed by atoms with Crippen LogP contribution in [0, 0.1) is 0 Å². The monoisotopic (exact) mass is 326 g/mol. The smallest absolute Gasteiger partial charge is 0.131 e. The second kappa shape index (κ2) is 5.79. The highest BCUT2D eigenvalue weighted by Crippen LogP contribution is 2.35. The molecule has 1 aromatic carbocycles. The number of nitrogens with zero attached hydrogens (tertiary/aromatic N) is 2. The van der Waals surface area contributed by atoms with E-state index in [4.69, 9.17) is 28.3 Å². The lowest BCUT2D eigenvalue weighted by atomic mass is 10.1. The maximum absolute atomic E-state index is 13.8. The standard InChI is InChI=1S/C15H13Cl2FN2O/c16-11-3-1-10(13(17)5-11)7-20-15-9(6-19-20)2-4-12(15)14(18)8-21/h1,3,5-6,21H,2,4,7-8H2/b14-12-. The molecule has 1 aliphatic carbocycles. The minimum Gasteiger partial charge on any atom is -0.389 e. The summed E-state index contributed by atoms with van der Waals surface area (Å²) >= 11 is 12.1. The van der Waals surface area contributed by atoms with Crippen LogP contribution in [-0.2, 0) is 13.0 Å². The van der Waals surface area contributed by atoms with Crippen molar-refractivity contribution in [2.24, 2.45) is 0 Å². The molecule has 0 saturated carbocycles. The average molecular weight is 327 g/mol. The first-order valence-electron chi connectivity index (χ1n) is 6.57. The van der Waals surface area contributed by atoms with Gasteiger partial charge in [-0.3, -0.25) is 4.68 Å². The van der Waals surface area contributed by atoms with Crippen molar-refractivity contribution in [1.82, 2.24) is 9.78 Å². The van der Waals surface area contributed by atoms with Gasteiger partial charge in [0.2, 0.25) is 0 Å². The molecule has 0 aliphatic heterocycles. The first-order valence-corrected chi connectivity index (χ1v) is 7.33. The molecule has 3 nitrogen and oxygen atoms in total. The summed E-state index contributed by atoms with van der Waals surface area (Å²) in [6, 6.07) is 5.27. The van der Waals surface area contributed by atoms with Crippen LogP contribution in [0.1, 0.15) is 23.2 Å². The van der Waals surface area contributed by atoms with Gasteiger partial charge in [-0.15, -0.1) is 0 Å². The normalized spacial score (nSPS) is 16.2. The molecule has 0 spiro atoms. The third-order valence-electron chi connectivity index (χ3n) is 3.65. The summed E-state index contributed by atoms with van der Waals surface area (Å²) in [7, 11) is 0. The number of rotatable bonds is 3. The van der Waals surface area contributed by atoms with E-state index in [1.54, 1.807) is 23.0 Å². The quantitative estimate of drug-likeness (QED) is 0.930. The van der Waals surface area contributed by atoms with Crippen molar-refractivity contribution in [2.45, 2.75) is 19.4 Å². The molecule has 3 rings (SSSR count). The number of halogens is 3. The number of aliphatic hydroxyl groups is 1. The molecular weight excluding hydrogens is 314 g/mol. The summed E-state index contributed by atoms with van der Waals surface area (Å²) < 4.78 is 15.5. The maximum Gasteiger partial charge on any atom is 0.131 e. The van der Waals surface area contributed by atoms with Crippen LogP contribution in [0.15, 0.2) is 30.2 Å². The Balaban J connectivity index is 1.99.